The fourth-order valence-corrected chi connectivity index (χ4v) is 5.76. The lowest BCUT2D eigenvalue weighted by Crippen LogP contribution is -2.41. The number of unbranched alkanes of at least 4 members (excludes halogenated alkanes) is 7. The van der Waals surface area contributed by atoms with E-state index in [-0.39, 0.29) is 18.3 Å². The summed E-state index contributed by atoms with van der Waals surface area (Å²) in [7, 11) is -0.254. The molecular formula is C24H37BO2S2. The van der Waals surface area contributed by atoms with E-state index in [0.717, 1.165) is 4.78 Å². The van der Waals surface area contributed by atoms with Gasteiger partial charge < -0.3 is 9.31 Å². The van der Waals surface area contributed by atoms with Crippen LogP contribution in [0.25, 0.3) is 9.75 Å². The summed E-state index contributed by atoms with van der Waals surface area (Å²) in [6.07, 6.45) is 12.3. The zero-order chi connectivity index (χ0) is 20.9. The lowest BCUT2D eigenvalue weighted by Gasteiger charge is -2.32. The van der Waals surface area contributed by atoms with E-state index in [1.54, 1.807) is 11.3 Å². The van der Waals surface area contributed by atoms with Crippen molar-refractivity contribution in [2.24, 2.45) is 0 Å². The van der Waals surface area contributed by atoms with Gasteiger partial charge >= 0.3 is 7.12 Å². The quantitative estimate of drug-likeness (QED) is 0.271. The molecule has 0 atom stereocenters. The number of aryl methyl sites for hydroxylation is 1. The van der Waals surface area contributed by atoms with Gasteiger partial charge in [-0.1, -0.05) is 57.9 Å². The molecule has 0 aromatic carbocycles. The molecule has 0 spiro atoms. The van der Waals surface area contributed by atoms with Crippen LogP contribution in [0.2, 0.25) is 0 Å². The minimum Gasteiger partial charge on any atom is -0.399 e. The van der Waals surface area contributed by atoms with Crippen molar-refractivity contribution in [3.05, 3.63) is 29.1 Å². The van der Waals surface area contributed by atoms with E-state index in [9.17, 15) is 0 Å². The van der Waals surface area contributed by atoms with Crippen LogP contribution in [0.15, 0.2) is 24.3 Å². The Morgan fingerprint density at radius 1 is 0.724 bits per heavy atom. The van der Waals surface area contributed by atoms with Gasteiger partial charge in [-0.15, -0.1) is 22.7 Å². The number of thiophene rings is 2. The molecule has 0 saturated carbocycles. The van der Waals surface area contributed by atoms with Gasteiger partial charge in [0.2, 0.25) is 0 Å². The van der Waals surface area contributed by atoms with E-state index in [1.807, 2.05) is 11.3 Å². The lowest BCUT2D eigenvalue weighted by molar-refractivity contribution is 0.00578. The molecule has 0 bridgehead atoms. The van der Waals surface area contributed by atoms with Crippen molar-refractivity contribution in [2.45, 2.75) is 104 Å². The molecule has 29 heavy (non-hydrogen) atoms. The van der Waals surface area contributed by atoms with Crippen molar-refractivity contribution in [2.75, 3.05) is 0 Å². The maximum atomic E-state index is 6.20. The normalized spacial score (nSPS) is 17.9. The van der Waals surface area contributed by atoms with Crippen molar-refractivity contribution >= 4 is 34.6 Å². The Hall–Kier alpha value is -0.615. The van der Waals surface area contributed by atoms with Crippen LogP contribution in [0.1, 0.15) is 90.9 Å². The topological polar surface area (TPSA) is 18.5 Å². The summed E-state index contributed by atoms with van der Waals surface area (Å²) in [5.41, 5.74) is -0.568. The summed E-state index contributed by atoms with van der Waals surface area (Å²) in [5, 5.41) is 0. The lowest BCUT2D eigenvalue weighted by atomic mass is 9.88. The monoisotopic (exact) mass is 432 g/mol. The van der Waals surface area contributed by atoms with Gasteiger partial charge in [0.05, 0.1) is 11.2 Å². The summed E-state index contributed by atoms with van der Waals surface area (Å²) in [6.45, 7) is 10.7. The van der Waals surface area contributed by atoms with Crippen molar-refractivity contribution in [3.8, 4) is 9.75 Å². The molecule has 1 aliphatic rings. The van der Waals surface area contributed by atoms with Crippen LogP contribution in [0.4, 0.5) is 0 Å². The molecule has 1 aliphatic heterocycles. The van der Waals surface area contributed by atoms with Crippen LogP contribution >= 0.6 is 22.7 Å². The Morgan fingerprint density at radius 3 is 1.93 bits per heavy atom. The Kier molecular flexibility index (Phi) is 8.05. The molecule has 160 valence electrons. The largest absolute Gasteiger partial charge is 0.505 e. The Balaban J connectivity index is 1.47. The van der Waals surface area contributed by atoms with E-state index in [1.165, 1.54) is 72.4 Å². The van der Waals surface area contributed by atoms with Crippen molar-refractivity contribution < 1.29 is 9.31 Å². The van der Waals surface area contributed by atoms with Crippen molar-refractivity contribution in [1.82, 2.24) is 0 Å². The molecule has 3 rings (SSSR count). The standard InChI is InChI=1S/C24H37BO2S2/c1-6-7-8-9-10-11-12-13-14-19-15-16-20(28-19)21-17-18-22(29-21)25-26-23(2,3)24(4,5)27-25/h15-18H,6-14H2,1-5H3. The highest BCUT2D eigenvalue weighted by Crippen LogP contribution is 2.38. The van der Waals surface area contributed by atoms with Gasteiger partial charge in [-0.25, -0.2) is 0 Å². The third-order valence-electron chi connectivity index (χ3n) is 6.29. The Bertz CT molecular complexity index is 747. The van der Waals surface area contributed by atoms with Gasteiger partial charge in [0.15, 0.2) is 0 Å². The molecule has 0 amide bonds. The van der Waals surface area contributed by atoms with Gasteiger partial charge in [-0.2, -0.15) is 0 Å². The van der Waals surface area contributed by atoms with Gasteiger partial charge in [0, 0.05) is 19.4 Å². The van der Waals surface area contributed by atoms with Crippen LogP contribution < -0.4 is 4.78 Å². The first-order valence-corrected chi connectivity index (χ1v) is 13.0. The van der Waals surface area contributed by atoms with Crippen LogP contribution in [-0.2, 0) is 15.7 Å². The SMILES string of the molecule is CCCCCCCCCCc1ccc(-c2ccc(B3OC(C)(C)C(C)(C)O3)s2)s1. The molecule has 2 aromatic rings. The summed E-state index contributed by atoms with van der Waals surface area (Å²) in [4.78, 5) is 4.20. The summed E-state index contributed by atoms with van der Waals surface area (Å²) < 4.78 is 13.6. The first kappa shape index (κ1) is 23.1. The molecule has 0 radical (unpaired) electrons. The highest BCUT2D eigenvalue weighted by molar-refractivity contribution is 7.28. The molecule has 0 N–H and O–H groups in total. The summed E-state index contributed by atoms with van der Waals surface area (Å²) in [6, 6.07) is 8.98. The van der Waals surface area contributed by atoms with Crippen molar-refractivity contribution in [3.63, 3.8) is 0 Å². The van der Waals surface area contributed by atoms with E-state index >= 15 is 0 Å². The molecule has 5 heteroatoms. The van der Waals surface area contributed by atoms with Gasteiger partial charge in [0.1, 0.15) is 0 Å². The van der Waals surface area contributed by atoms with Gasteiger partial charge in [-0.05, 0) is 58.7 Å². The highest BCUT2D eigenvalue weighted by atomic mass is 32.1. The van der Waals surface area contributed by atoms with Crippen molar-refractivity contribution in [1.29, 1.82) is 0 Å². The zero-order valence-corrected chi connectivity index (χ0v) is 20.5. The van der Waals surface area contributed by atoms with E-state index < -0.39 is 0 Å². The maximum absolute atomic E-state index is 6.20. The average molecular weight is 433 g/mol. The highest BCUT2D eigenvalue weighted by Gasteiger charge is 2.52. The summed E-state index contributed by atoms with van der Waals surface area (Å²) in [5.74, 6) is 0. The minimum absolute atomic E-state index is 0.254. The molecule has 3 heterocycles. The predicted octanol–water partition coefficient (Wildman–Crippen LogP) is 7.46. The molecule has 0 unspecified atom stereocenters. The fraction of sp³-hybridized carbons (Fsp3) is 0.667. The van der Waals surface area contributed by atoms with Gasteiger partial charge in [0.25, 0.3) is 0 Å². The maximum Gasteiger partial charge on any atom is 0.505 e. The van der Waals surface area contributed by atoms with Crippen LogP contribution in [0, 0.1) is 0 Å². The second-order valence-corrected chi connectivity index (χ2v) is 11.6. The van der Waals surface area contributed by atoms with Crippen LogP contribution in [-0.4, -0.2) is 18.3 Å². The summed E-state index contributed by atoms with van der Waals surface area (Å²) >= 11 is 3.74. The molecule has 1 fully saturated rings. The molecule has 2 aromatic heterocycles. The second kappa shape index (κ2) is 10.1. The minimum atomic E-state index is -0.284. The van der Waals surface area contributed by atoms with Crippen LogP contribution in [0.3, 0.4) is 0 Å². The van der Waals surface area contributed by atoms with Crippen LogP contribution in [0.5, 0.6) is 0 Å². The third kappa shape index (κ3) is 5.97. The first-order chi connectivity index (χ1) is 13.8. The molecule has 0 aliphatic carbocycles. The number of rotatable bonds is 11. The average Bonchev–Trinajstić information content (AvgIpc) is 3.36. The van der Waals surface area contributed by atoms with Gasteiger partial charge in [-0.3, -0.25) is 0 Å². The third-order valence-corrected chi connectivity index (χ3v) is 8.74. The number of hydrogen-bond acceptors (Lipinski definition) is 4. The second-order valence-electron chi connectivity index (χ2n) is 9.28. The fourth-order valence-electron chi connectivity index (χ4n) is 3.65. The Labute approximate surface area is 186 Å². The molecule has 2 nitrogen and oxygen atoms in total. The number of hydrogen-bond donors (Lipinski definition) is 0. The zero-order valence-electron chi connectivity index (χ0n) is 18.9. The predicted molar refractivity (Wildman–Crippen MR) is 130 cm³/mol. The van der Waals surface area contributed by atoms with E-state index in [2.05, 4.69) is 58.9 Å². The molecular weight excluding hydrogens is 395 g/mol. The smallest absolute Gasteiger partial charge is 0.399 e. The van der Waals surface area contributed by atoms with E-state index in [4.69, 9.17) is 9.31 Å². The van der Waals surface area contributed by atoms with E-state index in [0.29, 0.717) is 0 Å². The molecule has 1 saturated heterocycles. The Morgan fingerprint density at radius 2 is 1.28 bits per heavy atom. The first-order valence-electron chi connectivity index (χ1n) is 11.4.